The van der Waals surface area contributed by atoms with Crippen LogP contribution in [0, 0.1) is 0 Å². The molecular formula is C8H13NO2S2. The molecular weight excluding hydrogens is 206 g/mol. The molecule has 0 fully saturated rings. The summed E-state index contributed by atoms with van der Waals surface area (Å²) < 4.78 is 22.5. The largest absolute Gasteiger partial charge is 0.329 e. The Balaban J connectivity index is 2.43. The first kappa shape index (κ1) is 10.7. The molecule has 0 aliphatic rings. The number of thiophene rings is 1. The van der Waals surface area contributed by atoms with Gasteiger partial charge in [0.2, 0.25) is 0 Å². The van der Waals surface area contributed by atoms with E-state index in [4.69, 9.17) is 5.73 Å². The summed E-state index contributed by atoms with van der Waals surface area (Å²) in [6.45, 7) is 0.215. The van der Waals surface area contributed by atoms with Gasteiger partial charge in [-0.1, -0.05) is 6.07 Å². The smallest absolute Gasteiger partial charge is 0.151 e. The van der Waals surface area contributed by atoms with Crippen LogP contribution in [0.1, 0.15) is 4.88 Å². The molecule has 0 unspecified atom stereocenters. The molecule has 0 spiro atoms. The van der Waals surface area contributed by atoms with Crippen molar-refractivity contribution in [1.82, 2.24) is 0 Å². The quantitative estimate of drug-likeness (QED) is 0.791. The van der Waals surface area contributed by atoms with Crippen molar-refractivity contribution in [3.05, 3.63) is 22.4 Å². The van der Waals surface area contributed by atoms with Crippen LogP contribution in [-0.4, -0.2) is 26.5 Å². The first-order chi connectivity index (χ1) is 6.14. The summed E-state index contributed by atoms with van der Waals surface area (Å²) in [5, 5.41) is 1.95. The minimum absolute atomic E-state index is 0.0956. The van der Waals surface area contributed by atoms with E-state index in [0.29, 0.717) is 6.42 Å². The molecule has 0 aliphatic heterocycles. The van der Waals surface area contributed by atoms with Crippen molar-refractivity contribution in [3.8, 4) is 0 Å². The average molecular weight is 219 g/mol. The number of rotatable bonds is 5. The zero-order valence-electron chi connectivity index (χ0n) is 7.27. The Morgan fingerprint density at radius 2 is 2.15 bits per heavy atom. The maximum atomic E-state index is 11.3. The first-order valence-electron chi connectivity index (χ1n) is 4.07. The summed E-state index contributed by atoms with van der Waals surface area (Å²) in [6.07, 6.45) is 0.611. The van der Waals surface area contributed by atoms with Crippen LogP contribution >= 0.6 is 11.3 Å². The lowest BCUT2D eigenvalue weighted by atomic mass is 10.4. The number of sulfone groups is 1. The molecule has 0 bridgehead atoms. The van der Waals surface area contributed by atoms with Gasteiger partial charge in [0.15, 0.2) is 9.84 Å². The summed E-state index contributed by atoms with van der Waals surface area (Å²) in [6, 6.07) is 3.87. The van der Waals surface area contributed by atoms with E-state index in [1.807, 2.05) is 17.5 Å². The highest BCUT2D eigenvalue weighted by Crippen LogP contribution is 2.10. The zero-order valence-corrected chi connectivity index (χ0v) is 8.90. The predicted octanol–water partition coefficient (Wildman–Crippen LogP) is 0.664. The lowest BCUT2D eigenvalue weighted by Gasteiger charge is -2.00. The van der Waals surface area contributed by atoms with Crippen LogP contribution in [0.3, 0.4) is 0 Å². The molecule has 1 heterocycles. The van der Waals surface area contributed by atoms with Gasteiger partial charge in [-0.3, -0.25) is 0 Å². The molecule has 3 nitrogen and oxygen atoms in total. The molecule has 0 aliphatic carbocycles. The summed E-state index contributed by atoms with van der Waals surface area (Å²) in [4.78, 5) is 1.11. The maximum absolute atomic E-state index is 11.3. The molecule has 0 saturated carbocycles. The molecule has 0 atom stereocenters. The molecule has 0 radical (unpaired) electrons. The van der Waals surface area contributed by atoms with Crippen molar-refractivity contribution in [2.75, 3.05) is 18.1 Å². The van der Waals surface area contributed by atoms with Gasteiger partial charge in [-0.25, -0.2) is 8.42 Å². The number of nitrogens with two attached hydrogens (primary N) is 1. The van der Waals surface area contributed by atoms with Gasteiger partial charge >= 0.3 is 0 Å². The van der Waals surface area contributed by atoms with Crippen molar-refractivity contribution in [1.29, 1.82) is 0 Å². The van der Waals surface area contributed by atoms with Crippen LogP contribution in [0.4, 0.5) is 0 Å². The van der Waals surface area contributed by atoms with Gasteiger partial charge in [0.25, 0.3) is 0 Å². The maximum Gasteiger partial charge on any atom is 0.151 e. The molecule has 2 N–H and O–H groups in total. The van der Waals surface area contributed by atoms with Gasteiger partial charge in [0.05, 0.1) is 11.5 Å². The minimum atomic E-state index is -2.93. The van der Waals surface area contributed by atoms with E-state index in [9.17, 15) is 8.42 Å². The van der Waals surface area contributed by atoms with E-state index in [1.165, 1.54) is 0 Å². The van der Waals surface area contributed by atoms with E-state index in [-0.39, 0.29) is 18.1 Å². The molecule has 0 saturated heterocycles. The van der Waals surface area contributed by atoms with Crippen LogP contribution in [0.2, 0.25) is 0 Å². The molecule has 0 aromatic carbocycles. The molecule has 1 aromatic heterocycles. The second-order valence-corrected chi connectivity index (χ2v) is 6.11. The Labute approximate surface area is 82.5 Å². The number of hydrogen-bond acceptors (Lipinski definition) is 4. The predicted molar refractivity (Wildman–Crippen MR) is 55.7 cm³/mol. The fourth-order valence-corrected chi connectivity index (χ4v) is 2.92. The Bertz CT molecular complexity index is 329. The highest BCUT2D eigenvalue weighted by molar-refractivity contribution is 7.91. The number of aryl methyl sites for hydroxylation is 1. The lowest BCUT2D eigenvalue weighted by molar-refractivity contribution is 0.595. The molecule has 1 aromatic rings. The lowest BCUT2D eigenvalue weighted by Crippen LogP contribution is -2.19. The number of hydrogen-bond donors (Lipinski definition) is 1. The second-order valence-electron chi connectivity index (χ2n) is 2.77. The van der Waals surface area contributed by atoms with Crippen LogP contribution in [-0.2, 0) is 16.3 Å². The first-order valence-corrected chi connectivity index (χ1v) is 6.77. The van der Waals surface area contributed by atoms with E-state index in [1.54, 1.807) is 11.3 Å². The minimum Gasteiger partial charge on any atom is -0.329 e. The Morgan fingerprint density at radius 3 is 2.69 bits per heavy atom. The van der Waals surface area contributed by atoms with Crippen LogP contribution in [0.5, 0.6) is 0 Å². The molecule has 13 heavy (non-hydrogen) atoms. The molecule has 0 amide bonds. The van der Waals surface area contributed by atoms with E-state index in [2.05, 4.69) is 0 Å². The van der Waals surface area contributed by atoms with E-state index >= 15 is 0 Å². The van der Waals surface area contributed by atoms with Crippen LogP contribution < -0.4 is 5.73 Å². The fraction of sp³-hybridized carbons (Fsp3) is 0.500. The summed E-state index contributed by atoms with van der Waals surface area (Å²) in [7, 11) is -2.93. The Hall–Kier alpha value is -0.390. The molecule has 5 heteroatoms. The van der Waals surface area contributed by atoms with Gasteiger partial charge in [0.1, 0.15) is 0 Å². The third kappa shape index (κ3) is 3.89. The summed E-state index contributed by atoms with van der Waals surface area (Å²) in [5.74, 6) is 0.309. The zero-order chi connectivity index (χ0) is 9.73. The SMILES string of the molecule is NCCS(=O)(=O)CCc1cccs1. The Kier molecular flexibility index (Phi) is 3.90. The van der Waals surface area contributed by atoms with E-state index in [0.717, 1.165) is 4.88 Å². The van der Waals surface area contributed by atoms with Gasteiger partial charge in [0, 0.05) is 11.4 Å². The van der Waals surface area contributed by atoms with Crippen molar-refractivity contribution < 1.29 is 8.42 Å². The van der Waals surface area contributed by atoms with Gasteiger partial charge in [-0.15, -0.1) is 11.3 Å². The van der Waals surface area contributed by atoms with Crippen LogP contribution in [0.25, 0.3) is 0 Å². The van der Waals surface area contributed by atoms with Crippen molar-refractivity contribution in [3.63, 3.8) is 0 Å². The fourth-order valence-electron chi connectivity index (χ4n) is 0.993. The highest BCUT2D eigenvalue weighted by Gasteiger charge is 2.09. The van der Waals surface area contributed by atoms with Crippen molar-refractivity contribution >= 4 is 21.2 Å². The standard InChI is InChI=1S/C8H13NO2S2/c9-4-7-13(10,11)6-3-8-2-1-5-12-8/h1-2,5H,3-4,6-7,9H2. The Morgan fingerprint density at radius 1 is 1.38 bits per heavy atom. The third-order valence-corrected chi connectivity index (χ3v) is 4.29. The summed E-state index contributed by atoms with van der Waals surface area (Å²) >= 11 is 1.59. The third-order valence-electron chi connectivity index (χ3n) is 1.67. The second kappa shape index (κ2) is 4.74. The van der Waals surface area contributed by atoms with Crippen molar-refractivity contribution in [2.45, 2.75) is 6.42 Å². The van der Waals surface area contributed by atoms with Gasteiger partial charge < -0.3 is 5.73 Å². The molecule has 1 rings (SSSR count). The van der Waals surface area contributed by atoms with Crippen LogP contribution in [0.15, 0.2) is 17.5 Å². The highest BCUT2D eigenvalue weighted by atomic mass is 32.2. The normalized spacial score (nSPS) is 11.8. The van der Waals surface area contributed by atoms with E-state index < -0.39 is 9.84 Å². The average Bonchev–Trinajstić information content (AvgIpc) is 2.52. The molecule has 74 valence electrons. The van der Waals surface area contributed by atoms with Crippen molar-refractivity contribution in [2.24, 2.45) is 5.73 Å². The van der Waals surface area contributed by atoms with Gasteiger partial charge in [-0.05, 0) is 17.9 Å². The van der Waals surface area contributed by atoms with Gasteiger partial charge in [-0.2, -0.15) is 0 Å². The summed E-state index contributed by atoms with van der Waals surface area (Å²) in [5.41, 5.74) is 5.19. The monoisotopic (exact) mass is 219 g/mol. The topological polar surface area (TPSA) is 60.2 Å².